The molecule has 2 unspecified atom stereocenters. The maximum Gasteiger partial charge on any atom is 0.0250 e. The Bertz CT molecular complexity index is 250. The Morgan fingerprint density at radius 3 is 2.71 bits per heavy atom. The highest BCUT2D eigenvalue weighted by atomic mass is 15.2. The van der Waals surface area contributed by atoms with Crippen LogP contribution in [0.1, 0.15) is 33.1 Å². The number of hydrogen-bond donors (Lipinski definition) is 1. The lowest BCUT2D eigenvalue weighted by molar-refractivity contribution is 0.216. The molecule has 0 amide bonds. The molecule has 0 aliphatic carbocycles. The van der Waals surface area contributed by atoms with Crippen molar-refractivity contribution in [3.8, 4) is 0 Å². The minimum Gasteiger partial charge on any atom is -0.312 e. The molecule has 0 aromatic carbocycles. The molecule has 0 aromatic heterocycles. The quantitative estimate of drug-likeness (QED) is 0.782. The largest absolute Gasteiger partial charge is 0.312 e. The van der Waals surface area contributed by atoms with Crippen LogP contribution < -0.4 is 5.32 Å². The smallest absolute Gasteiger partial charge is 0.0250 e. The highest BCUT2D eigenvalue weighted by Gasteiger charge is 2.37. The van der Waals surface area contributed by atoms with E-state index in [-0.39, 0.29) is 0 Å². The van der Waals surface area contributed by atoms with Crippen LogP contribution in [0.4, 0.5) is 0 Å². The van der Waals surface area contributed by atoms with Crippen LogP contribution in [0, 0.1) is 5.41 Å². The molecule has 2 aliphatic heterocycles. The molecule has 17 heavy (non-hydrogen) atoms. The van der Waals surface area contributed by atoms with E-state index in [9.17, 15) is 0 Å². The first-order valence-corrected chi connectivity index (χ1v) is 7.10. The molecule has 0 radical (unpaired) electrons. The predicted octanol–water partition coefficient (Wildman–Crippen LogP) is 1.40. The average molecular weight is 239 g/mol. The van der Waals surface area contributed by atoms with Gasteiger partial charge in [0.1, 0.15) is 0 Å². The third-order valence-electron chi connectivity index (χ3n) is 4.19. The van der Waals surface area contributed by atoms with Gasteiger partial charge in [0.2, 0.25) is 0 Å². The fourth-order valence-corrected chi connectivity index (χ4v) is 3.64. The lowest BCUT2D eigenvalue weighted by Gasteiger charge is -2.31. The molecule has 0 bridgehead atoms. The summed E-state index contributed by atoms with van der Waals surface area (Å²) in [6.45, 7) is 9.67. The fraction of sp³-hybridized carbons (Fsp3) is 1.00. The van der Waals surface area contributed by atoms with Gasteiger partial charge in [-0.3, -0.25) is 4.90 Å². The van der Waals surface area contributed by atoms with Crippen molar-refractivity contribution in [3.63, 3.8) is 0 Å². The zero-order valence-corrected chi connectivity index (χ0v) is 12.0. The molecule has 2 aliphatic rings. The van der Waals surface area contributed by atoms with E-state index in [1.54, 1.807) is 0 Å². The Labute approximate surface area is 107 Å². The summed E-state index contributed by atoms with van der Waals surface area (Å²) in [6, 6.07) is 1.59. The van der Waals surface area contributed by atoms with Gasteiger partial charge < -0.3 is 10.2 Å². The van der Waals surface area contributed by atoms with Gasteiger partial charge >= 0.3 is 0 Å². The molecule has 100 valence electrons. The molecular weight excluding hydrogens is 210 g/mol. The van der Waals surface area contributed by atoms with Gasteiger partial charge in [0, 0.05) is 31.7 Å². The third-order valence-corrected chi connectivity index (χ3v) is 4.19. The number of rotatable bonds is 5. The molecular formula is C14H29N3. The van der Waals surface area contributed by atoms with Crippen molar-refractivity contribution < 1.29 is 0 Å². The van der Waals surface area contributed by atoms with E-state index >= 15 is 0 Å². The molecule has 2 rings (SSSR count). The van der Waals surface area contributed by atoms with Crippen LogP contribution in [0.5, 0.6) is 0 Å². The molecule has 0 spiro atoms. The molecule has 0 saturated carbocycles. The summed E-state index contributed by atoms with van der Waals surface area (Å²) in [6.07, 6.45) is 4.17. The van der Waals surface area contributed by atoms with Crippen LogP contribution in [0.25, 0.3) is 0 Å². The van der Waals surface area contributed by atoms with Gasteiger partial charge in [-0.05, 0) is 45.3 Å². The van der Waals surface area contributed by atoms with Gasteiger partial charge in [-0.2, -0.15) is 0 Å². The summed E-state index contributed by atoms with van der Waals surface area (Å²) in [5.41, 5.74) is 0.371. The number of nitrogens with zero attached hydrogens (tertiary/aromatic N) is 2. The van der Waals surface area contributed by atoms with Crippen molar-refractivity contribution in [2.45, 2.75) is 45.2 Å². The highest BCUT2D eigenvalue weighted by Crippen LogP contribution is 2.28. The topological polar surface area (TPSA) is 18.5 Å². The Balaban J connectivity index is 1.78. The van der Waals surface area contributed by atoms with Crippen molar-refractivity contribution in [3.05, 3.63) is 0 Å². The molecule has 2 saturated heterocycles. The van der Waals surface area contributed by atoms with Crippen LogP contribution in [0.2, 0.25) is 0 Å². The standard InChI is InChI=1S/C14H29N3/c1-14(2,11-16(3)4)10-15-12-7-9-17-8-5-6-13(12)17/h12-13,15H,5-11H2,1-4H3. The van der Waals surface area contributed by atoms with E-state index in [0.29, 0.717) is 5.41 Å². The Hall–Kier alpha value is -0.120. The van der Waals surface area contributed by atoms with Gasteiger partial charge in [0.25, 0.3) is 0 Å². The van der Waals surface area contributed by atoms with Crippen molar-refractivity contribution in [2.75, 3.05) is 40.3 Å². The molecule has 3 nitrogen and oxygen atoms in total. The average Bonchev–Trinajstić information content (AvgIpc) is 2.73. The van der Waals surface area contributed by atoms with Gasteiger partial charge in [-0.1, -0.05) is 13.8 Å². The van der Waals surface area contributed by atoms with Crippen LogP contribution in [-0.4, -0.2) is 62.2 Å². The van der Waals surface area contributed by atoms with E-state index in [2.05, 4.69) is 43.1 Å². The Morgan fingerprint density at radius 2 is 2.00 bits per heavy atom. The van der Waals surface area contributed by atoms with E-state index in [1.807, 2.05) is 0 Å². The lowest BCUT2D eigenvalue weighted by atomic mass is 9.92. The third kappa shape index (κ3) is 3.43. The summed E-state index contributed by atoms with van der Waals surface area (Å²) in [5, 5.41) is 3.83. The minimum absolute atomic E-state index is 0.371. The highest BCUT2D eigenvalue weighted by molar-refractivity contribution is 4.96. The number of hydrogen-bond acceptors (Lipinski definition) is 3. The molecule has 2 atom stereocenters. The van der Waals surface area contributed by atoms with Crippen LogP contribution in [-0.2, 0) is 0 Å². The first-order valence-electron chi connectivity index (χ1n) is 7.10. The molecule has 2 fully saturated rings. The zero-order valence-electron chi connectivity index (χ0n) is 12.0. The SMILES string of the molecule is CN(C)CC(C)(C)CNC1CCN2CCCC12. The van der Waals surface area contributed by atoms with Crippen molar-refractivity contribution in [2.24, 2.45) is 5.41 Å². The summed E-state index contributed by atoms with van der Waals surface area (Å²) in [5.74, 6) is 0. The molecule has 3 heteroatoms. The van der Waals surface area contributed by atoms with Gasteiger partial charge in [0.05, 0.1) is 0 Å². The summed E-state index contributed by atoms with van der Waals surface area (Å²) < 4.78 is 0. The van der Waals surface area contributed by atoms with Crippen LogP contribution in [0.15, 0.2) is 0 Å². The van der Waals surface area contributed by atoms with Gasteiger partial charge in [0.15, 0.2) is 0 Å². The van der Waals surface area contributed by atoms with E-state index in [1.165, 1.54) is 32.4 Å². The maximum absolute atomic E-state index is 3.83. The number of fused-ring (bicyclic) bond motifs is 1. The molecule has 1 N–H and O–H groups in total. The van der Waals surface area contributed by atoms with Gasteiger partial charge in [-0.15, -0.1) is 0 Å². The monoisotopic (exact) mass is 239 g/mol. The van der Waals surface area contributed by atoms with Crippen LogP contribution >= 0.6 is 0 Å². The fourth-order valence-electron chi connectivity index (χ4n) is 3.64. The first-order chi connectivity index (χ1) is 7.98. The van der Waals surface area contributed by atoms with Crippen molar-refractivity contribution in [1.29, 1.82) is 0 Å². The predicted molar refractivity (Wildman–Crippen MR) is 73.3 cm³/mol. The van der Waals surface area contributed by atoms with E-state index < -0.39 is 0 Å². The Kier molecular flexibility index (Phi) is 4.11. The first kappa shape index (κ1) is 13.3. The maximum atomic E-state index is 3.83. The summed E-state index contributed by atoms with van der Waals surface area (Å²) in [7, 11) is 4.33. The molecule has 0 aromatic rings. The summed E-state index contributed by atoms with van der Waals surface area (Å²) in [4.78, 5) is 4.97. The summed E-state index contributed by atoms with van der Waals surface area (Å²) >= 11 is 0. The van der Waals surface area contributed by atoms with Gasteiger partial charge in [-0.25, -0.2) is 0 Å². The molecule has 2 heterocycles. The normalized spacial score (nSPS) is 30.2. The van der Waals surface area contributed by atoms with E-state index in [0.717, 1.165) is 25.2 Å². The lowest BCUT2D eigenvalue weighted by Crippen LogP contribution is -2.45. The second kappa shape index (κ2) is 5.25. The number of nitrogens with one attached hydrogen (secondary N) is 1. The van der Waals surface area contributed by atoms with Crippen molar-refractivity contribution in [1.82, 2.24) is 15.1 Å². The van der Waals surface area contributed by atoms with Crippen molar-refractivity contribution >= 4 is 0 Å². The zero-order chi connectivity index (χ0) is 12.5. The second-order valence-corrected chi connectivity index (χ2v) is 6.92. The van der Waals surface area contributed by atoms with Crippen LogP contribution in [0.3, 0.4) is 0 Å². The second-order valence-electron chi connectivity index (χ2n) is 6.92. The van der Waals surface area contributed by atoms with E-state index in [4.69, 9.17) is 0 Å². The minimum atomic E-state index is 0.371. The Morgan fingerprint density at radius 1 is 1.24 bits per heavy atom.